The summed E-state index contributed by atoms with van der Waals surface area (Å²) < 4.78 is 12.6. The summed E-state index contributed by atoms with van der Waals surface area (Å²) in [5, 5.41) is 8.67. The molecule has 1 unspecified atom stereocenters. The fourth-order valence-electron chi connectivity index (χ4n) is 2.04. The summed E-state index contributed by atoms with van der Waals surface area (Å²) in [4.78, 5) is 6.32. The van der Waals surface area contributed by atoms with Crippen molar-refractivity contribution in [3.63, 3.8) is 0 Å². The maximum absolute atomic E-state index is 12.6. The fourth-order valence-corrected chi connectivity index (χ4v) is 2.04. The van der Waals surface area contributed by atoms with Crippen LogP contribution in [0, 0.1) is 17.2 Å². The topological polar surface area (TPSA) is 39.9 Å². The normalized spacial score (nSPS) is 20.5. The third kappa shape index (κ3) is 2.30. The highest BCUT2D eigenvalue weighted by Crippen LogP contribution is 2.21. The minimum atomic E-state index is -0.257. The van der Waals surface area contributed by atoms with Gasteiger partial charge in [0.1, 0.15) is 11.9 Å². The van der Waals surface area contributed by atoms with Crippen molar-refractivity contribution >= 4 is 5.82 Å². The molecule has 16 heavy (non-hydrogen) atoms. The van der Waals surface area contributed by atoms with Crippen LogP contribution >= 0.6 is 0 Å². The lowest BCUT2D eigenvalue weighted by molar-refractivity contribution is 0.315. The summed E-state index contributed by atoms with van der Waals surface area (Å²) in [7, 11) is 0. The molecule has 4 heteroatoms. The van der Waals surface area contributed by atoms with Crippen LogP contribution in [0.2, 0.25) is 0 Å². The minimum Gasteiger partial charge on any atom is -0.356 e. The van der Waals surface area contributed by atoms with E-state index >= 15 is 0 Å². The predicted octanol–water partition coefficient (Wildman–Crippen LogP) is 2.14. The number of alkyl halides is 1. The Kier molecular flexibility index (Phi) is 3.35. The van der Waals surface area contributed by atoms with Gasteiger partial charge in [0, 0.05) is 25.2 Å². The third-order valence-corrected chi connectivity index (χ3v) is 2.94. The molecule has 0 aromatic carbocycles. The van der Waals surface area contributed by atoms with Crippen molar-refractivity contribution in [3.8, 4) is 6.07 Å². The highest BCUT2D eigenvalue weighted by Gasteiger charge is 2.20. The quantitative estimate of drug-likeness (QED) is 0.765. The highest BCUT2D eigenvalue weighted by atomic mass is 19.1. The van der Waals surface area contributed by atoms with Crippen LogP contribution in [0.4, 0.5) is 10.2 Å². The number of nitriles is 1. The van der Waals surface area contributed by atoms with Gasteiger partial charge in [0.2, 0.25) is 0 Å². The van der Waals surface area contributed by atoms with Crippen molar-refractivity contribution in [2.24, 2.45) is 5.92 Å². The lowest BCUT2D eigenvalue weighted by Crippen LogP contribution is -2.36. The van der Waals surface area contributed by atoms with Crippen LogP contribution in [0.5, 0.6) is 0 Å². The van der Waals surface area contributed by atoms with Gasteiger partial charge in [0.15, 0.2) is 0 Å². The van der Waals surface area contributed by atoms with E-state index in [9.17, 15) is 4.39 Å². The van der Waals surface area contributed by atoms with Crippen LogP contribution in [-0.2, 0) is 0 Å². The number of pyridine rings is 1. The van der Waals surface area contributed by atoms with E-state index in [4.69, 9.17) is 5.26 Å². The average Bonchev–Trinajstić information content (AvgIpc) is 2.39. The number of halogens is 1. The zero-order valence-corrected chi connectivity index (χ0v) is 9.06. The van der Waals surface area contributed by atoms with E-state index in [-0.39, 0.29) is 12.6 Å². The van der Waals surface area contributed by atoms with Crippen LogP contribution in [0.1, 0.15) is 18.4 Å². The molecular weight excluding hydrogens is 205 g/mol. The molecule has 1 atom stereocenters. The van der Waals surface area contributed by atoms with Crippen molar-refractivity contribution in [2.45, 2.75) is 12.8 Å². The molecule has 0 spiro atoms. The maximum atomic E-state index is 12.6. The molecule has 0 aliphatic carbocycles. The molecule has 1 aliphatic rings. The Morgan fingerprint density at radius 2 is 2.44 bits per heavy atom. The maximum Gasteiger partial charge on any atom is 0.128 e. The lowest BCUT2D eigenvalue weighted by Gasteiger charge is -2.32. The second-order valence-corrected chi connectivity index (χ2v) is 4.13. The average molecular weight is 219 g/mol. The highest BCUT2D eigenvalue weighted by molar-refractivity contribution is 5.42. The molecular formula is C12H14FN3. The van der Waals surface area contributed by atoms with E-state index in [1.807, 2.05) is 12.1 Å². The Hall–Kier alpha value is -1.63. The second kappa shape index (κ2) is 4.93. The van der Waals surface area contributed by atoms with Crippen LogP contribution in [0.25, 0.3) is 0 Å². The third-order valence-electron chi connectivity index (χ3n) is 2.94. The summed E-state index contributed by atoms with van der Waals surface area (Å²) in [5.41, 5.74) is 0.558. The zero-order chi connectivity index (χ0) is 11.4. The first kappa shape index (κ1) is 10.9. The summed E-state index contributed by atoms with van der Waals surface area (Å²) in [6.45, 7) is 1.40. The van der Waals surface area contributed by atoms with Gasteiger partial charge in [-0.25, -0.2) is 4.98 Å². The lowest BCUT2D eigenvalue weighted by atomic mass is 9.99. The summed E-state index contributed by atoms with van der Waals surface area (Å²) in [5.74, 6) is 0.975. The number of piperidine rings is 1. The number of nitrogens with zero attached hydrogens (tertiary/aromatic N) is 3. The van der Waals surface area contributed by atoms with E-state index in [0.29, 0.717) is 5.56 Å². The van der Waals surface area contributed by atoms with Gasteiger partial charge in [0.05, 0.1) is 12.2 Å². The van der Waals surface area contributed by atoms with Gasteiger partial charge in [0.25, 0.3) is 0 Å². The molecule has 1 fully saturated rings. The van der Waals surface area contributed by atoms with E-state index < -0.39 is 0 Å². The molecule has 1 aliphatic heterocycles. The first-order chi connectivity index (χ1) is 7.83. The summed E-state index contributed by atoms with van der Waals surface area (Å²) in [6, 6.07) is 5.62. The van der Waals surface area contributed by atoms with Gasteiger partial charge in [-0.2, -0.15) is 5.26 Å². The minimum absolute atomic E-state index is 0.131. The second-order valence-electron chi connectivity index (χ2n) is 4.13. The Bertz CT molecular complexity index is 382. The Labute approximate surface area is 94.5 Å². The van der Waals surface area contributed by atoms with Crippen LogP contribution in [0.3, 0.4) is 0 Å². The van der Waals surface area contributed by atoms with Crippen molar-refractivity contribution < 1.29 is 4.39 Å². The van der Waals surface area contributed by atoms with Gasteiger partial charge in [-0.15, -0.1) is 0 Å². The first-order valence-corrected chi connectivity index (χ1v) is 5.50. The number of hydrogen-bond acceptors (Lipinski definition) is 3. The van der Waals surface area contributed by atoms with E-state index in [1.165, 1.54) is 0 Å². The van der Waals surface area contributed by atoms with Crippen molar-refractivity contribution in [1.29, 1.82) is 5.26 Å². The molecule has 0 saturated carbocycles. The SMILES string of the molecule is N#Cc1ccc(N2CCCC(CF)C2)nc1. The van der Waals surface area contributed by atoms with Gasteiger partial charge in [-0.3, -0.25) is 4.39 Å². The zero-order valence-electron chi connectivity index (χ0n) is 9.06. The molecule has 1 aromatic rings. The van der Waals surface area contributed by atoms with Crippen LogP contribution in [-0.4, -0.2) is 24.7 Å². The number of anilines is 1. The largest absolute Gasteiger partial charge is 0.356 e. The monoisotopic (exact) mass is 219 g/mol. The molecule has 0 amide bonds. The summed E-state index contributed by atoms with van der Waals surface area (Å²) >= 11 is 0. The van der Waals surface area contributed by atoms with Crippen molar-refractivity contribution in [2.75, 3.05) is 24.7 Å². The van der Waals surface area contributed by atoms with Crippen molar-refractivity contribution in [1.82, 2.24) is 4.98 Å². The Morgan fingerprint density at radius 1 is 1.56 bits per heavy atom. The van der Waals surface area contributed by atoms with Crippen LogP contribution in [0.15, 0.2) is 18.3 Å². The number of hydrogen-bond donors (Lipinski definition) is 0. The van der Waals surface area contributed by atoms with Gasteiger partial charge < -0.3 is 4.90 Å². The smallest absolute Gasteiger partial charge is 0.128 e. The molecule has 2 rings (SSSR count). The van der Waals surface area contributed by atoms with E-state index in [0.717, 1.165) is 31.7 Å². The van der Waals surface area contributed by atoms with E-state index in [1.54, 1.807) is 12.3 Å². The first-order valence-electron chi connectivity index (χ1n) is 5.50. The van der Waals surface area contributed by atoms with Gasteiger partial charge in [-0.05, 0) is 25.0 Å². The van der Waals surface area contributed by atoms with Gasteiger partial charge in [-0.1, -0.05) is 0 Å². The van der Waals surface area contributed by atoms with Crippen molar-refractivity contribution in [3.05, 3.63) is 23.9 Å². The Morgan fingerprint density at radius 3 is 3.06 bits per heavy atom. The van der Waals surface area contributed by atoms with E-state index in [2.05, 4.69) is 9.88 Å². The standard InChI is InChI=1S/C12H14FN3/c13-6-10-2-1-5-16(9-10)12-4-3-11(7-14)8-15-12/h3-4,8,10H,1-2,5-6,9H2. The number of aromatic nitrogens is 1. The molecule has 0 N–H and O–H groups in total. The molecule has 1 saturated heterocycles. The predicted molar refractivity (Wildman–Crippen MR) is 59.9 cm³/mol. The molecule has 3 nitrogen and oxygen atoms in total. The molecule has 2 heterocycles. The summed E-state index contributed by atoms with van der Waals surface area (Å²) in [6.07, 6.45) is 3.54. The molecule has 1 aromatic heterocycles. The molecule has 84 valence electrons. The Balaban J connectivity index is 2.08. The van der Waals surface area contributed by atoms with Crippen LogP contribution < -0.4 is 4.90 Å². The molecule has 0 bridgehead atoms. The fraction of sp³-hybridized carbons (Fsp3) is 0.500. The van der Waals surface area contributed by atoms with Gasteiger partial charge >= 0.3 is 0 Å². The molecule has 0 radical (unpaired) electrons. The number of rotatable bonds is 2.